The topological polar surface area (TPSA) is 60.2 Å². The third-order valence-corrected chi connectivity index (χ3v) is 5.66. The zero-order chi connectivity index (χ0) is 12.7. The SMILES string of the molecule is NC1(Cc2ccc(Br)cc2Cl)CCS(=O)(=O)C1. The predicted molar refractivity (Wildman–Crippen MR) is 73.0 cm³/mol. The summed E-state index contributed by atoms with van der Waals surface area (Å²) in [7, 11) is -2.97. The lowest BCUT2D eigenvalue weighted by Crippen LogP contribution is -2.43. The lowest BCUT2D eigenvalue weighted by molar-refractivity contribution is 0.476. The standard InChI is InChI=1S/C11H13BrClNO2S/c12-9-2-1-8(10(13)5-9)6-11(14)3-4-17(15,16)7-11/h1-2,5H,3-4,6-7,14H2. The molecule has 0 aliphatic carbocycles. The fourth-order valence-electron chi connectivity index (χ4n) is 2.12. The van der Waals surface area contributed by atoms with Gasteiger partial charge in [0.25, 0.3) is 0 Å². The van der Waals surface area contributed by atoms with Crippen LogP contribution in [0.2, 0.25) is 5.02 Å². The molecule has 94 valence electrons. The van der Waals surface area contributed by atoms with E-state index in [4.69, 9.17) is 17.3 Å². The first-order chi connectivity index (χ1) is 7.80. The largest absolute Gasteiger partial charge is 0.324 e. The minimum Gasteiger partial charge on any atom is -0.324 e. The summed E-state index contributed by atoms with van der Waals surface area (Å²) in [4.78, 5) is 0. The highest BCUT2D eigenvalue weighted by Gasteiger charge is 2.39. The van der Waals surface area contributed by atoms with Crippen LogP contribution < -0.4 is 5.73 Å². The molecule has 1 aromatic rings. The van der Waals surface area contributed by atoms with Crippen molar-refractivity contribution in [3.8, 4) is 0 Å². The number of nitrogens with two attached hydrogens (primary N) is 1. The normalized spacial score (nSPS) is 27.2. The molecule has 3 nitrogen and oxygen atoms in total. The molecule has 17 heavy (non-hydrogen) atoms. The molecule has 2 N–H and O–H groups in total. The molecule has 1 aliphatic heterocycles. The number of benzene rings is 1. The summed E-state index contributed by atoms with van der Waals surface area (Å²) >= 11 is 9.43. The molecule has 0 radical (unpaired) electrons. The van der Waals surface area contributed by atoms with Crippen molar-refractivity contribution >= 4 is 37.4 Å². The van der Waals surface area contributed by atoms with Crippen LogP contribution in [0.15, 0.2) is 22.7 Å². The van der Waals surface area contributed by atoms with Crippen LogP contribution in [0, 0.1) is 0 Å². The fourth-order valence-corrected chi connectivity index (χ4v) is 4.85. The molecule has 6 heteroatoms. The van der Waals surface area contributed by atoms with Gasteiger partial charge in [0.2, 0.25) is 0 Å². The minimum absolute atomic E-state index is 0.0480. The minimum atomic E-state index is -2.97. The Morgan fingerprint density at radius 1 is 1.47 bits per heavy atom. The molecular formula is C11H13BrClNO2S. The highest BCUT2D eigenvalue weighted by Crippen LogP contribution is 2.29. The molecule has 0 aromatic heterocycles. The van der Waals surface area contributed by atoms with Crippen LogP contribution in [0.3, 0.4) is 0 Å². The zero-order valence-electron chi connectivity index (χ0n) is 9.12. The number of halogens is 2. The zero-order valence-corrected chi connectivity index (χ0v) is 12.3. The lowest BCUT2D eigenvalue weighted by atomic mass is 9.91. The van der Waals surface area contributed by atoms with E-state index in [9.17, 15) is 8.42 Å². The summed E-state index contributed by atoms with van der Waals surface area (Å²) in [6.45, 7) is 0. The Morgan fingerprint density at radius 3 is 2.71 bits per heavy atom. The quantitative estimate of drug-likeness (QED) is 0.899. The van der Waals surface area contributed by atoms with Crippen molar-refractivity contribution in [3.05, 3.63) is 33.3 Å². The van der Waals surface area contributed by atoms with Crippen LogP contribution in [0.5, 0.6) is 0 Å². The fraction of sp³-hybridized carbons (Fsp3) is 0.455. The third kappa shape index (κ3) is 3.22. The maximum atomic E-state index is 11.5. The number of hydrogen-bond acceptors (Lipinski definition) is 3. The van der Waals surface area contributed by atoms with Crippen LogP contribution >= 0.6 is 27.5 Å². The molecule has 1 aliphatic rings. The molecular weight excluding hydrogens is 326 g/mol. The Balaban J connectivity index is 2.22. The number of rotatable bonds is 2. The van der Waals surface area contributed by atoms with Crippen molar-refractivity contribution < 1.29 is 8.42 Å². The maximum absolute atomic E-state index is 11.5. The summed E-state index contributed by atoms with van der Waals surface area (Å²) < 4.78 is 23.8. The Kier molecular flexibility index (Phi) is 3.56. The van der Waals surface area contributed by atoms with Gasteiger partial charge in [-0.1, -0.05) is 33.6 Å². The smallest absolute Gasteiger partial charge is 0.152 e. The molecule has 2 rings (SSSR count). The molecule has 0 bridgehead atoms. The van der Waals surface area contributed by atoms with E-state index < -0.39 is 15.4 Å². The van der Waals surface area contributed by atoms with Gasteiger partial charge in [0.15, 0.2) is 9.84 Å². The summed E-state index contributed by atoms with van der Waals surface area (Å²) in [5.74, 6) is 0.226. The average molecular weight is 339 g/mol. The Bertz CT molecular complexity index is 546. The van der Waals surface area contributed by atoms with Gasteiger partial charge in [0.05, 0.1) is 11.5 Å². The second-order valence-electron chi connectivity index (χ2n) is 4.62. The van der Waals surface area contributed by atoms with E-state index >= 15 is 0 Å². The first-order valence-corrected chi connectivity index (χ1v) is 8.22. The van der Waals surface area contributed by atoms with Crippen molar-refractivity contribution in [2.75, 3.05) is 11.5 Å². The second kappa shape index (κ2) is 4.53. The van der Waals surface area contributed by atoms with Gasteiger partial charge in [-0.15, -0.1) is 0 Å². The molecule has 1 saturated heterocycles. The van der Waals surface area contributed by atoms with Gasteiger partial charge >= 0.3 is 0 Å². The maximum Gasteiger partial charge on any atom is 0.152 e. The van der Waals surface area contributed by atoms with Crippen LogP contribution in [0.1, 0.15) is 12.0 Å². The van der Waals surface area contributed by atoms with Gasteiger partial charge in [-0.3, -0.25) is 0 Å². The van der Waals surface area contributed by atoms with Crippen molar-refractivity contribution in [3.63, 3.8) is 0 Å². The molecule has 1 aromatic carbocycles. The van der Waals surface area contributed by atoms with Crippen LogP contribution in [0.4, 0.5) is 0 Å². The molecule has 0 spiro atoms. The molecule has 1 atom stereocenters. The summed E-state index contributed by atoms with van der Waals surface area (Å²) in [6.07, 6.45) is 1.00. The van der Waals surface area contributed by atoms with Crippen LogP contribution in [-0.2, 0) is 16.3 Å². The van der Waals surface area contributed by atoms with Crippen molar-refractivity contribution in [1.29, 1.82) is 0 Å². The van der Waals surface area contributed by atoms with Gasteiger partial charge in [-0.25, -0.2) is 8.42 Å². The van der Waals surface area contributed by atoms with Gasteiger partial charge < -0.3 is 5.73 Å². The highest BCUT2D eigenvalue weighted by atomic mass is 79.9. The third-order valence-electron chi connectivity index (χ3n) is 2.98. The predicted octanol–water partition coefficient (Wildman–Crippen LogP) is 2.16. The van der Waals surface area contributed by atoms with Gasteiger partial charge in [0, 0.05) is 15.0 Å². The molecule has 1 heterocycles. The Labute approximate surface area is 114 Å². The van der Waals surface area contributed by atoms with E-state index in [0.29, 0.717) is 17.9 Å². The molecule has 0 saturated carbocycles. The van der Waals surface area contributed by atoms with E-state index in [1.54, 1.807) is 6.07 Å². The van der Waals surface area contributed by atoms with E-state index in [1.807, 2.05) is 12.1 Å². The van der Waals surface area contributed by atoms with E-state index in [-0.39, 0.29) is 11.5 Å². The Hall–Kier alpha value is -0.100. The summed E-state index contributed by atoms with van der Waals surface area (Å²) in [5.41, 5.74) is 6.35. The van der Waals surface area contributed by atoms with E-state index in [1.165, 1.54) is 0 Å². The first-order valence-electron chi connectivity index (χ1n) is 5.23. The van der Waals surface area contributed by atoms with Gasteiger partial charge in [-0.05, 0) is 30.5 Å². The van der Waals surface area contributed by atoms with Gasteiger partial charge in [-0.2, -0.15) is 0 Å². The van der Waals surface area contributed by atoms with Crippen LogP contribution in [0.25, 0.3) is 0 Å². The van der Waals surface area contributed by atoms with Crippen molar-refractivity contribution in [2.45, 2.75) is 18.4 Å². The molecule has 0 amide bonds. The van der Waals surface area contributed by atoms with Gasteiger partial charge in [0.1, 0.15) is 0 Å². The average Bonchev–Trinajstić information content (AvgIpc) is 2.46. The monoisotopic (exact) mass is 337 g/mol. The summed E-state index contributed by atoms with van der Waals surface area (Å²) in [6, 6.07) is 5.56. The Morgan fingerprint density at radius 2 is 2.18 bits per heavy atom. The van der Waals surface area contributed by atoms with E-state index in [0.717, 1.165) is 10.0 Å². The number of sulfone groups is 1. The lowest BCUT2D eigenvalue weighted by Gasteiger charge is -2.22. The highest BCUT2D eigenvalue weighted by molar-refractivity contribution is 9.10. The summed E-state index contributed by atoms with van der Waals surface area (Å²) in [5, 5.41) is 0.619. The number of hydrogen-bond donors (Lipinski definition) is 1. The van der Waals surface area contributed by atoms with Crippen LogP contribution in [-0.4, -0.2) is 25.5 Å². The van der Waals surface area contributed by atoms with Crippen molar-refractivity contribution in [2.24, 2.45) is 5.73 Å². The first kappa shape index (κ1) is 13.3. The molecule has 1 unspecified atom stereocenters. The van der Waals surface area contributed by atoms with E-state index in [2.05, 4.69) is 15.9 Å². The second-order valence-corrected chi connectivity index (χ2v) is 8.12. The molecule has 1 fully saturated rings. The van der Waals surface area contributed by atoms with Crippen molar-refractivity contribution in [1.82, 2.24) is 0 Å².